The summed E-state index contributed by atoms with van der Waals surface area (Å²) in [5.74, 6) is 2.02. The van der Waals surface area contributed by atoms with Crippen LogP contribution in [-0.4, -0.2) is 18.8 Å². The highest BCUT2D eigenvalue weighted by Crippen LogP contribution is 2.29. The Balaban J connectivity index is 1.85. The third-order valence-electron chi connectivity index (χ3n) is 3.96. The van der Waals surface area contributed by atoms with Gasteiger partial charge in [0.25, 0.3) is 0 Å². The molecule has 3 rings (SSSR count). The summed E-state index contributed by atoms with van der Waals surface area (Å²) < 4.78 is 10.5. The van der Waals surface area contributed by atoms with Crippen LogP contribution in [0.2, 0.25) is 0 Å². The number of methoxy groups -OCH3 is 1. The van der Waals surface area contributed by atoms with E-state index in [1.165, 1.54) is 0 Å². The molecular weight excluding hydrogens is 308 g/mol. The van der Waals surface area contributed by atoms with E-state index in [0.717, 1.165) is 46.6 Å². The van der Waals surface area contributed by atoms with Crippen molar-refractivity contribution in [1.82, 2.24) is 0 Å². The summed E-state index contributed by atoms with van der Waals surface area (Å²) in [6.45, 7) is 0. The van der Waals surface area contributed by atoms with E-state index >= 15 is 0 Å². The minimum absolute atomic E-state index is 0.101. The van der Waals surface area contributed by atoms with Crippen LogP contribution >= 0.6 is 12.6 Å². The second kappa shape index (κ2) is 6.92. The molecule has 0 aliphatic heterocycles. The fourth-order valence-electron chi connectivity index (χ4n) is 2.75. The molecule has 4 heteroatoms. The Hall–Kier alpha value is -2.20. The van der Waals surface area contributed by atoms with Crippen molar-refractivity contribution in [3.63, 3.8) is 0 Å². The molecule has 118 valence electrons. The van der Waals surface area contributed by atoms with Crippen LogP contribution in [0.4, 0.5) is 0 Å². The van der Waals surface area contributed by atoms with Gasteiger partial charge in [-0.1, -0.05) is 12.1 Å². The quantitative estimate of drug-likeness (QED) is 0.520. The first kappa shape index (κ1) is 15.7. The molecule has 0 heterocycles. The van der Waals surface area contributed by atoms with Crippen molar-refractivity contribution in [3.8, 4) is 11.5 Å². The third-order valence-corrected chi connectivity index (χ3v) is 4.09. The lowest BCUT2D eigenvalue weighted by Gasteiger charge is -2.18. The van der Waals surface area contributed by atoms with Gasteiger partial charge in [-0.15, -0.1) is 12.6 Å². The molecule has 0 N–H and O–H groups in total. The molecule has 0 atom stereocenters. The first-order valence-corrected chi connectivity index (χ1v) is 8.10. The lowest BCUT2D eigenvalue weighted by Crippen LogP contribution is -2.14. The monoisotopic (exact) mass is 326 g/mol. The molecule has 1 aliphatic rings. The van der Waals surface area contributed by atoms with Crippen LogP contribution in [-0.2, 0) is 6.42 Å². The smallest absolute Gasteiger partial charge is 0.189 e. The van der Waals surface area contributed by atoms with Crippen molar-refractivity contribution >= 4 is 24.5 Å². The topological polar surface area (TPSA) is 35.5 Å². The molecule has 0 saturated heterocycles. The van der Waals surface area contributed by atoms with Crippen LogP contribution in [0, 0.1) is 0 Å². The van der Waals surface area contributed by atoms with E-state index in [-0.39, 0.29) is 5.78 Å². The van der Waals surface area contributed by atoms with Gasteiger partial charge in [0.15, 0.2) is 5.78 Å². The van der Waals surface area contributed by atoms with Crippen molar-refractivity contribution in [1.29, 1.82) is 0 Å². The molecule has 2 aromatic rings. The van der Waals surface area contributed by atoms with Crippen LogP contribution in [0.25, 0.3) is 6.08 Å². The number of ketones is 1. The summed E-state index contributed by atoms with van der Waals surface area (Å²) in [6.07, 6.45) is 3.55. The van der Waals surface area contributed by atoms with E-state index in [1.807, 2.05) is 48.5 Å². The van der Waals surface area contributed by atoms with Crippen LogP contribution < -0.4 is 9.47 Å². The van der Waals surface area contributed by atoms with E-state index in [2.05, 4.69) is 12.6 Å². The maximum absolute atomic E-state index is 12.6. The number of fused-ring (bicyclic) bond motifs is 1. The molecule has 0 amide bonds. The Morgan fingerprint density at radius 2 is 1.83 bits per heavy atom. The molecule has 0 radical (unpaired) electrons. The fraction of sp³-hybridized carbons (Fsp3) is 0.211. The zero-order valence-electron chi connectivity index (χ0n) is 12.9. The van der Waals surface area contributed by atoms with Gasteiger partial charge in [0.1, 0.15) is 17.4 Å². The maximum Gasteiger partial charge on any atom is 0.189 e. The number of rotatable bonds is 4. The average Bonchev–Trinajstić information content (AvgIpc) is 2.59. The number of allylic oxidation sites excluding steroid dienone is 1. The van der Waals surface area contributed by atoms with Gasteiger partial charge in [0.05, 0.1) is 7.11 Å². The highest BCUT2D eigenvalue weighted by atomic mass is 32.1. The van der Waals surface area contributed by atoms with Crippen molar-refractivity contribution in [2.75, 3.05) is 13.0 Å². The van der Waals surface area contributed by atoms with E-state index in [4.69, 9.17) is 9.47 Å². The number of hydrogen-bond donors (Lipinski definition) is 1. The van der Waals surface area contributed by atoms with Gasteiger partial charge in [-0.2, -0.15) is 0 Å². The predicted octanol–water partition coefficient (Wildman–Crippen LogP) is 4.17. The van der Waals surface area contributed by atoms with E-state index in [0.29, 0.717) is 5.94 Å². The van der Waals surface area contributed by atoms with Crippen LogP contribution in [0.3, 0.4) is 0 Å². The Morgan fingerprint density at radius 3 is 2.52 bits per heavy atom. The Morgan fingerprint density at radius 1 is 1.09 bits per heavy atom. The van der Waals surface area contributed by atoms with Gasteiger partial charge < -0.3 is 9.47 Å². The molecule has 1 aliphatic carbocycles. The van der Waals surface area contributed by atoms with Crippen molar-refractivity contribution < 1.29 is 14.3 Å². The van der Waals surface area contributed by atoms with Gasteiger partial charge in [0.2, 0.25) is 0 Å². The standard InChI is InChI=1S/C19H18O3S/c1-21-17-8-9-18-14(11-17)4-5-15(19(18)20)10-13-2-6-16(7-3-13)22-12-23/h2-3,6-11,23H,4-5,12H2,1H3/b15-10+. The van der Waals surface area contributed by atoms with Crippen molar-refractivity contribution in [2.45, 2.75) is 12.8 Å². The first-order chi connectivity index (χ1) is 11.2. The molecule has 0 saturated carbocycles. The Kier molecular flexibility index (Phi) is 4.72. The van der Waals surface area contributed by atoms with Crippen LogP contribution in [0.1, 0.15) is 27.9 Å². The number of carbonyl (C=O) groups is 1. The van der Waals surface area contributed by atoms with Gasteiger partial charge in [-0.05, 0) is 60.4 Å². The Labute approximate surface area is 141 Å². The summed E-state index contributed by atoms with van der Waals surface area (Å²) in [4.78, 5) is 12.6. The molecule has 2 aromatic carbocycles. The first-order valence-electron chi connectivity index (χ1n) is 7.47. The van der Waals surface area contributed by atoms with Gasteiger partial charge in [-0.3, -0.25) is 4.79 Å². The largest absolute Gasteiger partial charge is 0.497 e. The number of thiol groups is 1. The molecule has 23 heavy (non-hydrogen) atoms. The number of carbonyl (C=O) groups excluding carboxylic acids is 1. The lowest BCUT2D eigenvalue weighted by molar-refractivity contribution is 0.102. The molecule has 0 bridgehead atoms. The molecule has 0 aromatic heterocycles. The summed E-state index contributed by atoms with van der Waals surface area (Å²) in [5, 5.41) is 0. The SMILES string of the molecule is COc1ccc2c(c1)CC/C(=C\c1ccc(OCS)cc1)C2=O. The van der Waals surface area contributed by atoms with Crippen molar-refractivity contribution in [3.05, 3.63) is 64.7 Å². The molecular formula is C19H18O3S. The number of benzene rings is 2. The fourth-order valence-corrected chi connectivity index (χ4v) is 2.90. The second-order valence-electron chi connectivity index (χ2n) is 5.36. The van der Waals surface area contributed by atoms with E-state index < -0.39 is 0 Å². The minimum Gasteiger partial charge on any atom is -0.497 e. The van der Waals surface area contributed by atoms with Gasteiger partial charge in [0, 0.05) is 11.1 Å². The summed E-state index contributed by atoms with van der Waals surface area (Å²) in [7, 11) is 1.64. The predicted molar refractivity (Wildman–Crippen MR) is 94.5 cm³/mol. The molecule has 3 nitrogen and oxygen atoms in total. The second-order valence-corrected chi connectivity index (χ2v) is 5.62. The molecule has 0 unspecified atom stereocenters. The van der Waals surface area contributed by atoms with E-state index in [1.54, 1.807) is 7.11 Å². The average molecular weight is 326 g/mol. The van der Waals surface area contributed by atoms with Gasteiger partial charge in [-0.25, -0.2) is 0 Å². The van der Waals surface area contributed by atoms with Crippen LogP contribution in [0.5, 0.6) is 11.5 Å². The normalized spacial score (nSPS) is 15.4. The molecule has 0 spiro atoms. The summed E-state index contributed by atoms with van der Waals surface area (Å²) in [6, 6.07) is 13.3. The third kappa shape index (κ3) is 3.42. The van der Waals surface area contributed by atoms with Crippen LogP contribution in [0.15, 0.2) is 48.0 Å². The zero-order chi connectivity index (χ0) is 16.2. The lowest BCUT2D eigenvalue weighted by atomic mass is 9.86. The van der Waals surface area contributed by atoms with Gasteiger partial charge >= 0.3 is 0 Å². The Bertz CT molecular complexity index is 748. The highest BCUT2D eigenvalue weighted by Gasteiger charge is 2.22. The number of Topliss-reactive ketones (excluding diaryl/α,β-unsaturated/α-hetero) is 1. The number of aryl methyl sites for hydroxylation is 1. The zero-order valence-corrected chi connectivity index (χ0v) is 13.8. The highest BCUT2D eigenvalue weighted by molar-refractivity contribution is 7.80. The van der Waals surface area contributed by atoms with Crippen molar-refractivity contribution in [2.24, 2.45) is 0 Å². The molecule has 0 fully saturated rings. The number of ether oxygens (including phenoxy) is 2. The summed E-state index contributed by atoms with van der Waals surface area (Å²) in [5.41, 5.74) is 3.67. The maximum atomic E-state index is 12.6. The minimum atomic E-state index is 0.101. The summed E-state index contributed by atoms with van der Waals surface area (Å²) >= 11 is 4.03. The van der Waals surface area contributed by atoms with E-state index in [9.17, 15) is 4.79 Å². The number of hydrogen-bond acceptors (Lipinski definition) is 4.